The number of hydrogen-bond donors (Lipinski definition) is 1. The molecule has 0 heterocycles. The van der Waals surface area contributed by atoms with Gasteiger partial charge in [-0.05, 0) is 54.8 Å². The van der Waals surface area contributed by atoms with E-state index >= 15 is 0 Å². The van der Waals surface area contributed by atoms with Crippen LogP contribution in [0, 0.1) is 5.82 Å². The number of aryl methyl sites for hydroxylation is 1. The standard InChI is InChI=1S/C20H24FNO3/c1-3-15-5-9-17(10-6-15)24-14-13-22-20(23)19(4-2)25-18-11-7-16(21)8-12-18/h5-12,19H,3-4,13-14H2,1-2H3,(H,22,23)/t19-/m0/s1. The van der Waals surface area contributed by atoms with Crippen molar-refractivity contribution >= 4 is 5.91 Å². The Kier molecular flexibility index (Phi) is 7.26. The average Bonchev–Trinajstić information content (AvgIpc) is 2.65. The molecule has 0 saturated heterocycles. The maximum atomic E-state index is 12.9. The fourth-order valence-corrected chi connectivity index (χ4v) is 2.28. The molecule has 0 spiro atoms. The Morgan fingerprint density at radius 1 is 1.04 bits per heavy atom. The molecule has 4 nitrogen and oxygen atoms in total. The Labute approximate surface area is 148 Å². The summed E-state index contributed by atoms with van der Waals surface area (Å²) in [5.41, 5.74) is 1.25. The van der Waals surface area contributed by atoms with E-state index in [4.69, 9.17) is 9.47 Å². The van der Waals surface area contributed by atoms with E-state index in [0.717, 1.165) is 12.2 Å². The zero-order chi connectivity index (χ0) is 18.1. The lowest BCUT2D eigenvalue weighted by Crippen LogP contribution is -2.39. The predicted molar refractivity (Wildman–Crippen MR) is 95.4 cm³/mol. The number of hydrogen-bond acceptors (Lipinski definition) is 3. The number of nitrogens with one attached hydrogen (secondary N) is 1. The van der Waals surface area contributed by atoms with Gasteiger partial charge in [0.15, 0.2) is 6.10 Å². The number of halogens is 1. The fraction of sp³-hybridized carbons (Fsp3) is 0.350. The summed E-state index contributed by atoms with van der Waals surface area (Å²) in [4.78, 5) is 12.2. The van der Waals surface area contributed by atoms with Crippen molar-refractivity contribution in [2.24, 2.45) is 0 Å². The smallest absolute Gasteiger partial charge is 0.261 e. The van der Waals surface area contributed by atoms with Gasteiger partial charge in [-0.2, -0.15) is 0 Å². The molecule has 0 radical (unpaired) electrons. The van der Waals surface area contributed by atoms with Crippen LogP contribution in [0.1, 0.15) is 25.8 Å². The summed E-state index contributed by atoms with van der Waals surface area (Å²) in [6.45, 7) is 4.73. The molecule has 2 aromatic carbocycles. The van der Waals surface area contributed by atoms with Crippen LogP contribution in [0.5, 0.6) is 11.5 Å². The molecule has 0 aliphatic carbocycles. The first kappa shape index (κ1) is 18.8. The van der Waals surface area contributed by atoms with E-state index in [9.17, 15) is 9.18 Å². The third-order valence-electron chi connectivity index (χ3n) is 3.76. The Bertz CT molecular complexity index is 656. The maximum absolute atomic E-state index is 12.9. The zero-order valence-corrected chi connectivity index (χ0v) is 14.6. The molecule has 1 amide bonds. The Morgan fingerprint density at radius 3 is 2.28 bits per heavy atom. The van der Waals surface area contributed by atoms with Gasteiger partial charge < -0.3 is 14.8 Å². The number of benzene rings is 2. The van der Waals surface area contributed by atoms with Crippen LogP contribution >= 0.6 is 0 Å². The van der Waals surface area contributed by atoms with Crippen LogP contribution < -0.4 is 14.8 Å². The molecule has 0 unspecified atom stereocenters. The third kappa shape index (κ3) is 6.10. The predicted octanol–water partition coefficient (Wildman–Crippen LogP) is 3.74. The first-order valence-electron chi connectivity index (χ1n) is 8.54. The van der Waals surface area contributed by atoms with Crippen LogP contribution in [-0.4, -0.2) is 25.2 Å². The molecule has 0 aliphatic rings. The molecule has 2 rings (SSSR count). The van der Waals surface area contributed by atoms with Crippen molar-refractivity contribution in [3.63, 3.8) is 0 Å². The molecular formula is C20H24FNO3. The van der Waals surface area contributed by atoms with Gasteiger partial charge in [-0.1, -0.05) is 26.0 Å². The van der Waals surface area contributed by atoms with Crippen molar-refractivity contribution in [3.8, 4) is 11.5 Å². The van der Waals surface area contributed by atoms with Gasteiger partial charge in [0.2, 0.25) is 0 Å². The molecule has 2 aromatic rings. The molecule has 5 heteroatoms. The second kappa shape index (κ2) is 9.67. The third-order valence-corrected chi connectivity index (χ3v) is 3.76. The van der Waals surface area contributed by atoms with Crippen LogP contribution in [0.2, 0.25) is 0 Å². The molecule has 0 bridgehead atoms. The molecule has 0 aliphatic heterocycles. The van der Waals surface area contributed by atoms with Gasteiger partial charge in [-0.25, -0.2) is 4.39 Å². The van der Waals surface area contributed by atoms with Crippen molar-refractivity contribution in [1.29, 1.82) is 0 Å². The highest BCUT2D eigenvalue weighted by atomic mass is 19.1. The molecule has 0 aromatic heterocycles. The van der Waals surface area contributed by atoms with Crippen LogP contribution in [0.25, 0.3) is 0 Å². The summed E-state index contributed by atoms with van der Waals surface area (Å²) in [6.07, 6.45) is 0.889. The number of amides is 1. The second-order valence-electron chi connectivity index (χ2n) is 5.61. The maximum Gasteiger partial charge on any atom is 0.261 e. The minimum absolute atomic E-state index is 0.211. The van der Waals surface area contributed by atoms with Crippen LogP contribution in [0.3, 0.4) is 0 Å². The lowest BCUT2D eigenvalue weighted by atomic mass is 10.2. The van der Waals surface area contributed by atoms with E-state index in [1.54, 1.807) is 0 Å². The van der Waals surface area contributed by atoms with Crippen molar-refractivity contribution in [3.05, 3.63) is 59.9 Å². The topological polar surface area (TPSA) is 47.6 Å². The summed E-state index contributed by atoms with van der Waals surface area (Å²) < 4.78 is 24.1. The number of ether oxygens (including phenoxy) is 2. The zero-order valence-electron chi connectivity index (χ0n) is 14.6. The fourth-order valence-electron chi connectivity index (χ4n) is 2.28. The van der Waals surface area contributed by atoms with Crippen molar-refractivity contribution < 1.29 is 18.7 Å². The van der Waals surface area contributed by atoms with Gasteiger partial charge in [0, 0.05) is 0 Å². The van der Waals surface area contributed by atoms with E-state index in [1.807, 2.05) is 31.2 Å². The van der Waals surface area contributed by atoms with E-state index in [1.165, 1.54) is 29.8 Å². The van der Waals surface area contributed by atoms with Gasteiger partial charge >= 0.3 is 0 Å². The van der Waals surface area contributed by atoms with Gasteiger partial charge in [0.25, 0.3) is 5.91 Å². The molecular weight excluding hydrogens is 321 g/mol. The van der Waals surface area contributed by atoms with E-state index in [0.29, 0.717) is 25.3 Å². The Balaban J connectivity index is 1.74. The molecule has 0 saturated carbocycles. The number of carbonyl (C=O) groups excluding carboxylic acids is 1. The highest BCUT2D eigenvalue weighted by molar-refractivity contribution is 5.81. The summed E-state index contributed by atoms with van der Waals surface area (Å²) in [7, 11) is 0. The van der Waals surface area contributed by atoms with Gasteiger partial charge in [0.1, 0.15) is 23.9 Å². The Morgan fingerprint density at radius 2 is 1.68 bits per heavy atom. The lowest BCUT2D eigenvalue weighted by Gasteiger charge is -2.17. The van der Waals surface area contributed by atoms with Gasteiger partial charge in [-0.3, -0.25) is 4.79 Å². The summed E-state index contributed by atoms with van der Waals surface area (Å²) in [5.74, 6) is 0.697. The summed E-state index contributed by atoms with van der Waals surface area (Å²) in [6, 6.07) is 13.5. The highest BCUT2D eigenvalue weighted by Crippen LogP contribution is 2.15. The number of rotatable bonds is 9. The van der Waals surface area contributed by atoms with Gasteiger partial charge in [0.05, 0.1) is 6.54 Å². The van der Waals surface area contributed by atoms with Crippen LogP contribution in [0.4, 0.5) is 4.39 Å². The monoisotopic (exact) mass is 345 g/mol. The molecule has 0 fully saturated rings. The van der Waals surface area contributed by atoms with E-state index < -0.39 is 6.10 Å². The SMILES string of the molecule is CCc1ccc(OCCNC(=O)[C@H](CC)Oc2ccc(F)cc2)cc1. The summed E-state index contributed by atoms with van der Waals surface area (Å²) >= 11 is 0. The lowest BCUT2D eigenvalue weighted by molar-refractivity contribution is -0.128. The van der Waals surface area contributed by atoms with Crippen molar-refractivity contribution in [2.45, 2.75) is 32.8 Å². The van der Waals surface area contributed by atoms with Crippen LogP contribution in [-0.2, 0) is 11.2 Å². The first-order valence-corrected chi connectivity index (χ1v) is 8.54. The molecule has 25 heavy (non-hydrogen) atoms. The molecule has 1 atom stereocenters. The van der Waals surface area contributed by atoms with Gasteiger partial charge in [-0.15, -0.1) is 0 Å². The minimum Gasteiger partial charge on any atom is -0.492 e. The molecule has 1 N–H and O–H groups in total. The Hall–Kier alpha value is -2.56. The van der Waals surface area contributed by atoms with Crippen LogP contribution in [0.15, 0.2) is 48.5 Å². The van der Waals surface area contributed by atoms with Crippen molar-refractivity contribution in [1.82, 2.24) is 5.32 Å². The highest BCUT2D eigenvalue weighted by Gasteiger charge is 2.17. The second-order valence-corrected chi connectivity index (χ2v) is 5.61. The molecule has 134 valence electrons. The van der Waals surface area contributed by atoms with E-state index in [2.05, 4.69) is 12.2 Å². The first-order chi connectivity index (χ1) is 12.1. The van der Waals surface area contributed by atoms with Crippen molar-refractivity contribution in [2.75, 3.05) is 13.2 Å². The largest absolute Gasteiger partial charge is 0.492 e. The summed E-state index contributed by atoms with van der Waals surface area (Å²) in [5, 5.41) is 2.80. The minimum atomic E-state index is -0.616. The number of carbonyl (C=O) groups is 1. The normalized spacial score (nSPS) is 11.6. The average molecular weight is 345 g/mol. The quantitative estimate of drug-likeness (QED) is 0.704. The van der Waals surface area contributed by atoms with E-state index in [-0.39, 0.29) is 11.7 Å².